The van der Waals surface area contributed by atoms with Crippen LogP contribution in [0, 0.1) is 5.92 Å². The minimum absolute atomic E-state index is 0.119. The molecule has 1 aliphatic rings. The summed E-state index contributed by atoms with van der Waals surface area (Å²) in [6.07, 6.45) is 1.72. The first kappa shape index (κ1) is 21.2. The van der Waals surface area contributed by atoms with E-state index < -0.39 is 5.92 Å². The van der Waals surface area contributed by atoms with Crippen LogP contribution in [0.5, 0.6) is 5.75 Å². The van der Waals surface area contributed by atoms with Crippen molar-refractivity contribution in [1.29, 1.82) is 0 Å². The number of para-hydroxylation sites is 2. The van der Waals surface area contributed by atoms with E-state index >= 15 is 0 Å². The summed E-state index contributed by atoms with van der Waals surface area (Å²) in [6, 6.07) is 14.2. The zero-order valence-electron chi connectivity index (χ0n) is 16.7. The number of aromatic nitrogens is 2. The predicted molar refractivity (Wildman–Crippen MR) is 120 cm³/mol. The molecule has 1 aromatic heterocycles. The van der Waals surface area contributed by atoms with Crippen LogP contribution in [0.1, 0.15) is 12.0 Å². The van der Waals surface area contributed by atoms with E-state index in [2.05, 4.69) is 10.4 Å². The Morgan fingerprint density at radius 3 is 2.81 bits per heavy atom. The molecule has 2 aromatic carbocycles. The van der Waals surface area contributed by atoms with Gasteiger partial charge in [-0.05, 0) is 29.8 Å². The minimum atomic E-state index is -0.486. The largest absolute Gasteiger partial charge is 0.495 e. The Labute approximate surface area is 189 Å². The van der Waals surface area contributed by atoms with Crippen LogP contribution in [0.3, 0.4) is 0 Å². The lowest BCUT2D eigenvalue weighted by atomic mass is 10.1. The van der Waals surface area contributed by atoms with Crippen LogP contribution < -0.4 is 15.0 Å². The van der Waals surface area contributed by atoms with E-state index in [1.807, 2.05) is 24.3 Å². The second-order valence-corrected chi connectivity index (χ2v) is 8.02. The lowest BCUT2D eigenvalue weighted by Gasteiger charge is -2.19. The number of nitrogens with zero attached hydrogens (tertiary/aromatic N) is 3. The molecule has 1 atom stereocenters. The first-order valence-electron chi connectivity index (χ1n) is 9.66. The fourth-order valence-corrected chi connectivity index (χ4v) is 4.04. The molecule has 0 radical (unpaired) electrons. The summed E-state index contributed by atoms with van der Waals surface area (Å²) in [5.74, 6) is 0.273. The van der Waals surface area contributed by atoms with Gasteiger partial charge in [0, 0.05) is 29.1 Å². The molecule has 2 heterocycles. The normalized spacial score (nSPS) is 15.9. The van der Waals surface area contributed by atoms with E-state index in [1.54, 1.807) is 47.2 Å². The van der Waals surface area contributed by atoms with Crippen LogP contribution in [0.2, 0.25) is 10.0 Å². The van der Waals surface area contributed by atoms with Crippen molar-refractivity contribution >= 4 is 46.5 Å². The van der Waals surface area contributed by atoms with E-state index in [4.69, 9.17) is 27.9 Å². The van der Waals surface area contributed by atoms with Gasteiger partial charge in [-0.3, -0.25) is 9.59 Å². The molecule has 0 aliphatic carbocycles. The molecule has 1 unspecified atom stereocenters. The summed E-state index contributed by atoms with van der Waals surface area (Å²) < 4.78 is 6.99. The Kier molecular flexibility index (Phi) is 6.15. The average Bonchev–Trinajstić information content (AvgIpc) is 3.36. The lowest BCUT2D eigenvalue weighted by molar-refractivity contribution is -0.122. The smallest absolute Gasteiger partial charge is 0.230 e. The first-order chi connectivity index (χ1) is 15.0. The highest BCUT2D eigenvalue weighted by Crippen LogP contribution is 2.33. The van der Waals surface area contributed by atoms with Gasteiger partial charge in [-0.1, -0.05) is 41.4 Å². The number of amides is 2. The van der Waals surface area contributed by atoms with Crippen molar-refractivity contribution in [3.63, 3.8) is 0 Å². The van der Waals surface area contributed by atoms with Crippen LogP contribution in [-0.4, -0.2) is 35.2 Å². The zero-order chi connectivity index (χ0) is 22.0. The number of rotatable bonds is 6. The van der Waals surface area contributed by atoms with Crippen molar-refractivity contribution in [2.24, 2.45) is 5.92 Å². The number of carbonyl (C=O) groups excluding carboxylic acids is 2. The molecule has 1 saturated heterocycles. The van der Waals surface area contributed by atoms with Gasteiger partial charge in [-0.2, -0.15) is 5.10 Å². The average molecular weight is 459 g/mol. The van der Waals surface area contributed by atoms with Gasteiger partial charge in [0.25, 0.3) is 0 Å². The number of nitrogens with one attached hydrogen (secondary N) is 1. The Morgan fingerprint density at radius 2 is 2.03 bits per heavy atom. The maximum absolute atomic E-state index is 12.9. The second-order valence-electron chi connectivity index (χ2n) is 7.18. The quantitative estimate of drug-likeness (QED) is 0.599. The molecule has 4 rings (SSSR count). The maximum Gasteiger partial charge on any atom is 0.230 e. The molecule has 0 saturated carbocycles. The van der Waals surface area contributed by atoms with Crippen LogP contribution in [0.15, 0.2) is 54.7 Å². The topological polar surface area (TPSA) is 76.5 Å². The van der Waals surface area contributed by atoms with E-state index in [-0.39, 0.29) is 24.8 Å². The van der Waals surface area contributed by atoms with E-state index in [9.17, 15) is 9.59 Å². The molecule has 9 heteroatoms. The number of hydrogen-bond acceptors (Lipinski definition) is 4. The fourth-order valence-electron chi connectivity index (χ4n) is 3.57. The number of methoxy groups -OCH3 is 1. The van der Waals surface area contributed by atoms with Gasteiger partial charge in [0.15, 0.2) is 0 Å². The monoisotopic (exact) mass is 458 g/mol. The highest BCUT2D eigenvalue weighted by atomic mass is 35.5. The van der Waals surface area contributed by atoms with Crippen LogP contribution in [0.4, 0.5) is 11.5 Å². The van der Waals surface area contributed by atoms with E-state index in [0.29, 0.717) is 33.8 Å². The van der Waals surface area contributed by atoms with Crippen LogP contribution in [0.25, 0.3) is 0 Å². The van der Waals surface area contributed by atoms with Crippen molar-refractivity contribution in [2.45, 2.75) is 13.0 Å². The summed E-state index contributed by atoms with van der Waals surface area (Å²) in [5, 5.41) is 8.23. The molecular formula is C22H20Cl2N4O3. The van der Waals surface area contributed by atoms with Gasteiger partial charge in [-0.25, -0.2) is 4.68 Å². The van der Waals surface area contributed by atoms with E-state index in [1.165, 1.54) is 0 Å². The Balaban J connectivity index is 1.46. The third-order valence-electron chi connectivity index (χ3n) is 5.17. The standard InChI is InChI=1S/C22H20Cl2N4O3/c1-31-19-5-3-2-4-18(19)27-12-15(10-21(27)29)22(30)26-20-8-9-25-28(20)13-14-6-7-16(23)11-17(14)24/h2-9,11,15H,10,12-13H2,1H3,(H,26,30). The molecule has 7 nitrogen and oxygen atoms in total. The van der Waals surface area contributed by atoms with Gasteiger partial charge in [-0.15, -0.1) is 0 Å². The highest BCUT2D eigenvalue weighted by molar-refractivity contribution is 6.35. The summed E-state index contributed by atoms with van der Waals surface area (Å²) >= 11 is 12.2. The fraction of sp³-hybridized carbons (Fsp3) is 0.227. The van der Waals surface area contributed by atoms with E-state index in [0.717, 1.165) is 5.56 Å². The third kappa shape index (κ3) is 4.52. The van der Waals surface area contributed by atoms with Crippen molar-refractivity contribution < 1.29 is 14.3 Å². The third-order valence-corrected chi connectivity index (χ3v) is 5.76. The van der Waals surface area contributed by atoms with Crippen molar-refractivity contribution in [2.75, 3.05) is 23.9 Å². The predicted octanol–water partition coefficient (Wildman–Crippen LogP) is 4.24. The number of carbonyl (C=O) groups is 2. The van der Waals surface area contributed by atoms with Crippen molar-refractivity contribution in [3.8, 4) is 5.75 Å². The van der Waals surface area contributed by atoms with Crippen LogP contribution in [-0.2, 0) is 16.1 Å². The summed E-state index contributed by atoms with van der Waals surface area (Å²) in [7, 11) is 1.55. The van der Waals surface area contributed by atoms with Crippen molar-refractivity contribution in [3.05, 3.63) is 70.3 Å². The molecule has 31 heavy (non-hydrogen) atoms. The molecule has 0 bridgehead atoms. The molecule has 1 aliphatic heterocycles. The van der Waals surface area contributed by atoms with Crippen molar-refractivity contribution in [1.82, 2.24) is 9.78 Å². The molecule has 2 amide bonds. The Bertz CT molecular complexity index is 1130. The number of ether oxygens (including phenoxy) is 1. The second kappa shape index (κ2) is 8.99. The molecule has 1 fully saturated rings. The maximum atomic E-state index is 12.9. The van der Waals surface area contributed by atoms with Crippen LogP contribution >= 0.6 is 23.2 Å². The summed E-state index contributed by atoms with van der Waals surface area (Å²) in [6.45, 7) is 0.651. The number of halogens is 2. The zero-order valence-corrected chi connectivity index (χ0v) is 18.2. The molecule has 0 spiro atoms. The minimum Gasteiger partial charge on any atom is -0.495 e. The first-order valence-corrected chi connectivity index (χ1v) is 10.4. The SMILES string of the molecule is COc1ccccc1N1CC(C(=O)Nc2ccnn2Cc2ccc(Cl)cc2Cl)CC1=O. The number of hydrogen-bond donors (Lipinski definition) is 1. The molecule has 3 aromatic rings. The summed E-state index contributed by atoms with van der Waals surface area (Å²) in [4.78, 5) is 27.1. The molecule has 160 valence electrons. The number of benzene rings is 2. The van der Waals surface area contributed by atoms with Gasteiger partial charge in [0.05, 0.1) is 31.5 Å². The highest BCUT2D eigenvalue weighted by Gasteiger charge is 2.36. The van der Waals surface area contributed by atoms with Gasteiger partial charge in [0.1, 0.15) is 11.6 Å². The van der Waals surface area contributed by atoms with Gasteiger partial charge < -0.3 is 15.0 Å². The Morgan fingerprint density at radius 1 is 1.23 bits per heavy atom. The Hall–Kier alpha value is -3.03. The van der Waals surface area contributed by atoms with Gasteiger partial charge >= 0.3 is 0 Å². The number of anilines is 2. The molecular weight excluding hydrogens is 439 g/mol. The van der Waals surface area contributed by atoms with Gasteiger partial charge in [0.2, 0.25) is 11.8 Å². The lowest BCUT2D eigenvalue weighted by Crippen LogP contribution is -2.29. The molecule has 1 N–H and O–H groups in total. The summed E-state index contributed by atoms with van der Waals surface area (Å²) in [5.41, 5.74) is 1.48.